The summed E-state index contributed by atoms with van der Waals surface area (Å²) in [6, 6.07) is 4.01. The van der Waals surface area contributed by atoms with E-state index in [9.17, 15) is 9.59 Å². The maximum atomic E-state index is 12.6. The number of halogens is 1. The Morgan fingerprint density at radius 2 is 2.04 bits per heavy atom. The van der Waals surface area contributed by atoms with Crippen LogP contribution in [0.3, 0.4) is 0 Å². The zero-order chi connectivity index (χ0) is 19.4. The smallest absolute Gasteiger partial charge is 0.224 e. The van der Waals surface area contributed by atoms with E-state index in [0.717, 1.165) is 24.1 Å². The number of hydrogen-bond acceptors (Lipinski definition) is 3. The van der Waals surface area contributed by atoms with Gasteiger partial charge in [0.15, 0.2) is 0 Å². The first-order valence-corrected chi connectivity index (χ1v) is 10.3. The molecule has 0 radical (unpaired) electrons. The van der Waals surface area contributed by atoms with Gasteiger partial charge >= 0.3 is 0 Å². The van der Waals surface area contributed by atoms with Crippen LogP contribution >= 0.6 is 11.6 Å². The van der Waals surface area contributed by atoms with Crippen molar-refractivity contribution in [3.05, 3.63) is 22.7 Å². The molecule has 2 amide bonds. The van der Waals surface area contributed by atoms with E-state index in [2.05, 4.69) is 5.32 Å². The third kappa shape index (κ3) is 4.95. The Morgan fingerprint density at radius 1 is 1.30 bits per heavy atom. The summed E-state index contributed by atoms with van der Waals surface area (Å²) in [6.45, 7) is 2.47. The van der Waals surface area contributed by atoms with E-state index >= 15 is 0 Å². The fourth-order valence-corrected chi connectivity index (χ4v) is 4.24. The lowest BCUT2D eigenvalue weighted by Crippen LogP contribution is -2.39. The molecule has 1 unspecified atom stereocenters. The number of anilines is 1. The lowest BCUT2D eigenvalue weighted by atomic mass is 9.94. The van der Waals surface area contributed by atoms with Crippen LogP contribution < -0.4 is 10.1 Å². The number of carbonyl (C=O) groups is 2. The minimum atomic E-state index is 0.0152. The molecule has 1 fully saturated rings. The number of nitrogens with one attached hydrogen (secondary N) is 1. The molecule has 0 saturated heterocycles. The topological polar surface area (TPSA) is 58.6 Å². The molecule has 1 atom stereocenters. The van der Waals surface area contributed by atoms with Gasteiger partial charge in [-0.05, 0) is 42.9 Å². The first-order valence-electron chi connectivity index (χ1n) is 9.95. The van der Waals surface area contributed by atoms with Crippen LogP contribution in [0.4, 0.5) is 5.69 Å². The highest BCUT2D eigenvalue weighted by Crippen LogP contribution is 2.36. The Bertz CT molecular complexity index is 701. The normalized spacial score (nSPS) is 18.4. The molecule has 1 aliphatic carbocycles. The molecule has 6 heteroatoms. The van der Waals surface area contributed by atoms with Crippen molar-refractivity contribution in [1.82, 2.24) is 4.90 Å². The average Bonchev–Trinajstić information content (AvgIpc) is 2.67. The largest absolute Gasteiger partial charge is 0.492 e. The minimum absolute atomic E-state index is 0.0152. The predicted molar refractivity (Wildman–Crippen MR) is 107 cm³/mol. The average molecular weight is 393 g/mol. The number of benzene rings is 1. The van der Waals surface area contributed by atoms with E-state index < -0.39 is 0 Å². The van der Waals surface area contributed by atoms with Crippen molar-refractivity contribution in [3.63, 3.8) is 0 Å². The van der Waals surface area contributed by atoms with Crippen LogP contribution in [0, 0.1) is 5.92 Å². The molecular formula is C21H29ClN2O3. The zero-order valence-electron chi connectivity index (χ0n) is 16.2. The molecule has 148 valence electrons. The summed E-state index contributed by atoms with van der Waals surface area (Å²) >= 11 is 6.46. The van der Waals surface area contributed by atoms with Gasteiger partial charge in [-0.3, -0.25) is 9.59 Å². The minimum Gasteiger partial charge on any atom is -0.492 e. The Morgan fingerprint density at radius 3 is 2.78 bits per heavy atom. The molecule has 1 N–H and O–H groups in total. The van der Waals surface area contributed by atoms with Crippen molar-refractivity contribution >= 4 is 29.1 Å². The molecule has 2 aliphatic rings. The maximum Gasteiger partial charge on any atom is 0.224 e. The quantitative estimate of drug-likeness (QED) is 0.779. The summed E-state index contributed by atoms with van der Waals surface area (Å²) in [5.74, 6) is 0.931. The molecule has 1 aromatic rings. The van der Waals surface area contributed by atoms with Crippen LogP contribution in [0.2, 0.25) is 5.02 Å². The van der Waals surface area contributed by atoms with E-state index in [1.165, 1.54) is 19.3 Å². The van der Waals surface area contributed by atoms with Gasteiger partial charge in [0.05, 0.1) is 11.6 Å². The standard InChI is InChI=1S/C21H29ClN2O3/c1-14(12-20(26)24(2)15-6-4-3-5-7-15)13-27-18-10-9-17-16(21(18)22)8-11-19(25)23-17/h9-10,14-15H,3-8,11-13H2,1-2H3,(H,23,25). The zero-order valence-corrected chi connectivity index (χ0v) is 17.0. The SMILES string of the molecule is CC(COc1ccc2c(c1Cl)CCC(=O)N2)CC(=O)N(C)C1CCCCC1. The molecule has 3 rings (SSSR count). The summed E-state index contributed by atoms with van der Waals surface area (Å²) in [5, 5.41) is 3.39. The van der Waals surface area contributed by atoms with E-state index in [0.29, 0.717) is 42.7 Å². The number of carbonyl (C=O) groups excluding carboxylic acids is 2. The van der Waals surface area contributed by atoms with Crippen LogP contribution in [-0.2, 0) is 16.0 Å². The van der Waals surface area contributed by atoms with Crippen LogP contribution in [-0.4, -0.2) is 36.4 Å². The Kier molecular flexibility index (Phi) is 6.64. The summed E-state index contributed by atoms with van der Waals surface area (Å²) < 4.78 is 5.90. The van der Waals surface area contributed by atoms with Crippen molar-refractivity contribution in [3.8, 4) is 5.75 Å². The fraction of sp³-hybridized carbons (Fsp3) is 0.619. The molecule has 0 spiro atoms. The fourth-order valence-electron chi connectivity index (χ4n) is 3.93. The van der Waals surface area contributed by atoms with Gasteiger partial charge in [-0.25, -0.2) is 0 Å². The van der Waals surface area contributed by atoms with Crippen LogP contribution in [0.15, 0.2) is 12.1 Å². The van der Waals surface area contributed by atoms with Gasteiger partial charge in [0.25, 0.3) is 0 Å². The van der Waals surface area contributed by atoms with E-state index in [1.807, 2.05) is 24.9 Å². The molecular weight excluding hydrogens is 364 g/mol. The van der Waals surface area contributed by atoms with E-state index in [4.69, 9.17) is 16.3 Å². The lowest BCUT2D eigenvalue weighted by Gasteiger charge is -2.32. The Balaban J connectivity index is 1.52. The maximum absolute atomic E-state index is 12.6. The molecule has 1 aromatic carbocycles. The first kappa shape index (κ1) is 20.0. The molecule has 0 aromatic heterocycles. The van der Waals surface area contributed by atoms with Gasteiger partial charge < -0.3 is 15.0 Å². The Hall–Kier alpha value is -1.75. The second kappa shape index (κ2) is 8.96. The van der Waals surface area contributed by atoms with E-state index in [-0.39, 0.29) is 17.7 Å². The second-order valence-electron chi connectivity index (χ2n) is 7.87. The highest BCUT2D eigenvalue weighted by Gasteiger charge is 2.24. The second-order valence-corrected chi connectivity index (χ2v) is 8.25. The van der Waals surface area contributed by atoms with E-state index in [1.54, 1.807) is 6.07 Å². The molecule has 0 bridgehead atoms. The number of ether oxygens (including phenoxy) is 1. The molecule has 27 heavy (non-hydrogen) atoms. The van der Waals surface area contributed by atoms with Crippen LogP contribution in [0.1, 0.15) is 57.4 Å². The van der Waals surface area contributed by atoms with Gasteiger partial charge in [0, 0.05) is 31.6 Å². The van der Waals surface area contributed by atoms with Crippen LogP contribution in [0.5, 0.6) is 5.75 Å². The van der Waals surface area contributed by atoms with Gasteiger partial charge in [-0.15, -0.1) is 0 Å². The van der Waals surface area contributed by atoms with Gasteiger partial charge in [-0.1, -0.05) is 37.8 Å². The molecule has 1 aliphatic heterocycles. The number of fused-ring (bicyclic) bond motifs is 1. The van der Waals surface area contributed by atoms with Crippen molar-refractivity contribution in [2.75, 3.05) is 19.0 Å². The summed E-state index contributed by atoms with van der Waals surface area (Å²) in [4.78, 5) is 26.0. The summed E-state index contributed by atoms with van der Waals surface area (Å²) in [7, 11) is 1.93. The molecule has 1 saturated carbocycles. The number of amides is 2. The first-order chi connectivity index (χ1) is 13.0. The third-order valence-corrected chi connectivity index (χ3v) is 6.06. The van der Waals surface area contributed by atoms with Crippen LogP contribution in [0.25, 0.3) is 0 Å². The summed E-state index contributed by atoms with van der Waals surface area (Å²) in [6.07, 6.45) is 7.50. The molecule has 1 heterocycles. The number of nitrogens with zero attached hydrogens (tertiary/aromatic N) is 1. The number of hydrogen-bond donors (Lipinski definition) is 1. The van der Waals surface area contributed by atoms with Gasteiger partial charge in [0.1, 0.15) is 5.75 Å². The predicted octanol–water partition coefficient (Wildman–Crippen LogP) is 4.42. The van der Waals surface area contributed by atoms with Gasteiger partial charge in [-0.2, -0.15) is 0 Å². The third-order valence-electron chi connectivity index (χ3n) is 5.65. The van der Waals surface area contributed by atoms with Crippen molar-refractivity contribution in [2.24, 2.45) is 5.92 Å². The van der Waals surface area contributed by atoms with Crippen molar-refractivity contribution < 1.29 is 14.3 Å². The Labute approximate surface area is 166 Å². The van der Waals surface area contributed by atoms with Crippen molar-refractivity contribution in [1.29, 1.82) is 0 Å². The highest BCUT2D eigenvalue weighted by atomic mass is 35.5. The molecule has 5 nitrogen and oxygen atoms in total. The summed E-state index contributed by atoms with van der Waals surface area (Å²) in [5.41, 5.74) is 1.69. The number of rotatable bonds is 6. The lowest BCUT2D eigenvalue weighted by molar-refractivity contribution is -0.133. The van der Waals surface area contributed by atoms with Gasteiger partial charge in [0.2, 0.25) is 11.8 Å². The highest BCUT2D eigenvalue weighted by molar-refractivity contribution is 6.33. The van der Waals surface area contributed by atoms with Crippen molar-refractivity contribution in [2.45, 2.75) is 64.3 Å². The monoisotopic (exact) mass is 392 g/mol.